The monoisotopic (exact) mass is 333 g/mol. The molecule has 18 heavy (non-hydrogen) atoms. The minimum Gasteiger partial charge on any atom is -0.310 e. The molecule has 0 amide bonds. The Morgan fingerprint density at radius 2 is 1.89 bits per heavy atom. The van der Waals surface area contributed by atoms with Crippen molar-refractivity contribution < 1.29 is 8.42 Å². The van der Waals surface area contributed by atoms with Crippen LogP contribution in [0.5, 0.6) is 0 Å². The Labute approximate surface area is 118 Å². The van der Waals surface area contributed by atoms with Gasteiger partial charge in [0, 0.05) is 16.8 Å². The summed E-state index contributed by atoms with van der Waals surface area (Å²) in [5, 5.41) is 3.37. The molecule has 1 rings (SSSR count). The molecule has 102 valence electrons. The first kappa shape index (κ1) is 15.7. The van der Waals surface area contributed by atoms with Gasteiger partial charge in [0.2, 0.25) is 0 Å². The first-order chi connectivity index (χ1) is 8.29. The lowest BCUT2D eigenvalue weighted by atomic mass is 10.1. The van der Waals surface area contributed by atoms with Crippen molar-refractivity contribution in [2.45, 2.75) is 19.9 Å². The molecule has 0 saturated carbocycles. The van der Waals surface area contributed by atoms with E-state index < -0.39 is 9.84 Å². The number of sulfone groups is 1. The molecule has 3 nitrogen and oxygen atoms in total. The molecular formula is C13H20BrNO2S. The van der Waals surface area contributed by atoms with E-state index in [9.17, 15) is 8.42 Å². The van der Waals surface area contributed by atoms with Gasteiger partial charge in [-0.25, -0.2) is 8.42 Å². The molecule has 0 aromatic heterocycles. The Morgan fingerprint density at radius 1 is 1.28 bits per heavy atom. The summed E-state index contributed by atoms with van der Waals surface area (Å²) in [6.45, 7) is 4.71. The summed E-state index contributed by atoms with van der Waals surface area (Å²) in [5.74, 6) is 0.341. The molecule has 0 unspecified atom stereocenters. The molecular weight excluding hydrogens is 314 g/mol. The number of hydrogen-bond donors (Lipinski definition) is 1. The Kier molecular flexibility index (Phi) is 5.82. The highest BCUT2D eigenvalue weighted by molar-refractivity contribution is 9.10. The van der Waals surface area contributed by atoms with Gasteiger partial charge < -0.3 is 5.32 Å². The summed E-state index contributed by atoms with van der Waals surface area (Å²) in [6.07, 6.45) is 1.28. The van der Waals surface area contributed by atoms with E-state index in [1.807, 2.05) is 25.1 Å². The van der Waals surface area contributed by atoms with Crippen molar-refractivity contribution in [3.05, 3.63) is 34.3 Å². The summed E-state index contributed by atoms with van der Waals surface area (Å²) in [6, 6.07) is 8.24. The maximum Gasteiger partial charge on any atom is 0.147 e. The van der Waals surface area contributed by atoms with Crippen LogP contribution in [0.1, 0.15) is 25.5 Å². The largest absolute Gasteiger partial charge is 0.310 e. The number of halogens is 1. The molecule has 0 heterocycles. The molecule has 0 aliphatic rings. The Bertz CT molecular complexity index is 488. The second-order valence-corrected chi connectivity index (χ2v) is 7.89. The van der Waals surface area contributed by atoms with Crippen LogP contribution in [0.4, 0.5) is 0 Å². The fraction of sp³-hybridized carbons (Fsp3) is 0.538. The van der Waals surface area contributed by atoms with Gasteiger partial charge in [-0.05, 0) is 31.0 Å². The minimum absolute atomic E-state index is 0.116. The summed E-state index contributed by atoms with van der Waals surface area (Å²) >= 11 is 3.52. The van der Waals surface area contributed by atoms with E-state index in [0.717, 1.165) is 4.47 Å². The van der Waals surface area contributed by atoms with E-state index in [1.165, 1.54) is 11.8 Å². The lowest BCUT2D eigenvalue weighted by Gasteiger charge is -2.18. The Hall–Kier alpha value is -0.390. The molecule has 1 aromatic rings. The quantitative estimate of drug-likeness (QED) is 0.870. The standard InChI is InChI=1S/C13H20BrNO2S/c1-10(9-18(3,16)17)8-15-11(2)12-6-4-5-7-13(12)14/h4-7,10-11,15H,8-9H2,1-3H3/t10-,11-/m0/s1. The highest BCUT2D eigenvalue weighted by Gasteiger charge is 2.13. The molecule has 0 fully saturated rings. The van der Waals surface area contributed by atoms with E-state index in [0.29, 0.717) is 6.54 Å². The molecule has 2 atom stereocenters. The summed E-state index contributed by atoms with van der Waals surface area (Å²) in [7, 11) is -2.89. The van der Waals surface area contributed by atoms with Crippen LogP contribution in [-0.4, -0.2) is 27.0 Å². The van der Waals surface area contributed by atoms with Crippen LogP contribution in [0.15, 0.2) is 28.7 Å². The van der Waals surface area contributed by atoms with Gasteiger partial charge in [-0.15, -0.1) is 0 Å². The smallest absolute Gasteiger partial charge is 0.147 e. The summed E-state index contributed by atoms with van der Waals surface area (Å²) in [5.41, 5.74) is 1.18. The average Bonchev–Trinajstić information content (AvgIpc) is 2.24. The molecule has 0 spiro atoms. The van der Waals surface area contributed by atoms with Crippen molar-refractivity contribution in [2.24, 2.45) is 5.92 Å². The van der Waals surface area contributed by atoms with Gasteiger partial charge in [0.15, 0.2) is 0 Å². The van der Waals surface area contributed by atoms with E-state index in [1.54, 1.807) is 0 Å². The summed E-state index contributed by atoms with van der Waals surface area (Å²) < 4.78 is 23.4. The van der Waals surface area contributed by atoms with Crippen molar-refractivity contribution in [3.63, 3.8) is 0 Å². The van der Waals surface area contributed by atoms with Crippen molar-refractivity contribution >= 4 is 25.8 Å². The number of hydrogen-bond acceptors (Lipinski definition) is 3. The van der Waals surface area contributed by atoms with E-state index in [4.69, 9.17) is 0 Å². The van der Waals surface area contributed by atoms with Crippen LogP contribution in [0, 0.1) is 5.92 Å². The Morgan fingerprint density at radius 3 is 2.44 bits per heavy atom. The number of nitrogens with one attached hydrogen (secondary N) is 1. The fourth-order valence-electron chi connectivity index (χ4n) is 1.89. The average molecular weight is 334 g/mol. The maximum atomic E-state index is 11.2. The van der Waals surface area contributed by atoms with Gasteiger partial charge in [0.1, 0.15) is 9.84 Å². The van der Waals surface area contributed by atoms with E-state index in [-0.39, 0.29) is 17.7 Å². The third-order valence-corrected chi connectivity index (χ3v) is 4.63. The molecule has 5 heteroatoms. The van der Waals surface area contributed by atoms with Gasteiger partial charge in [-0.1, -0.05) is 41.1 Å². The van der Waals surface area contributed by atoms with Gasteiger partial charge in [-0.3, -0.25) is 0 Å². The van der Waals surface area contributed by atoms with Gasteiger partial charge in [0.05, 0.1) is 5.75 Å². The number of rotatable bonds is 6. The lowest BCUT2D eigenvalue weighted by Crippen LogP contribution is -2.28. The van der Waals surface area contributed by atoms with Crippen molar-refractivity contribution in [3.8, 4) is 0 Å². The highest BCUT2D eigenvalue weighted by atomic mass is 79.9. The second-order valence-electron chi connectivity index (χ2n) is 4.85. The first-order valence-corrected chi connectivity index (χ1v) is 8.80. The molecule has 0 bridgehead atoms. The Balaban J connectivity index is 2.52. The van der Waals surface area contributed by atoms with Gasteiger partial charge in [-0.2, -0.15) is 0 Å². The molecule has 0 aliphatic carbocycles. The van der Waals surface area contributed by atoms with Crippen LogP contribution in [-0.2, 0) is 9.84 Å². The minimum atomic E-state index is -2.89. The molecule has 0 saturated heterocycles. The predicted molar refractivity (Wildman–Crippen MR) is 79.4 cm³/mol. The van der Waals surface area contributed by atoms with Crippen LogP contribution >= 0.6 is 15.9 Å². The fourth-order valence-corrected chi connectivity index (χ4v) is 3.67. The van der Waals surface area contributed by atoms with Crippen molar-refractivity contribution in [2.75, 3.05) is 18.6 Å². The number of benzene rings is 1. The normalized spacial score (nSPS) is 15.3. The topological polar surface area (TPSA) is 46.2 Å². The molecule has 0 radical (unpaired) electrons. The van der Waals surface area contributed by atoms with Crippen LogP contribution in [0.3, 0.4) is 0 Å². The zero-order valence-corrected chi connectivity index (χ0v) is 13.4. The molecule has 1 aromatic carbocycles. The van der Waals surface area contributed by atoms with Crippen LogP contribution in [0.2, 0.25) is 0 Å². The van der Waals surface area contributed by atoms with E-state index in [2.05, 4.69) is 34.2 Å². The third kappa shape index (κ3) is 5.50. The highest BCUT2D eigenvalue weighted by Crippen LogP contribution is 2.22. The lowest BCUT2D eigenvalue weighted by molar-refractivity contribution is 0.491. The second kappa shape index (κ2) is 6.68. The first-order valence-electron chi connectivity index (χ1n) is 5.95. The van der Waals surface area contributed by atoms with Crippen LogP contribution < -0.4 is 5.32 Å². The van der Waals surface area contributed by atoms with Crippen molar-refractivity contribution in [1.82, 2.24) is 5.32 Å². The van der Waals surface area contributed by atoms with E-state index >= 15 is 0 Å². The molecule has 1 N–H and O–H groups in total. The third-order valence-electron chi connectivity index (χ3n) is 2.73. The SMILES string of the molecule is C[C@@H](CN[C@@H](C)c1ccccc1Br)CS(C)(=O)=O. The van der Waals surface area contributed by atoms with Gasteiger partial charge in [0.25, 0.3) is 0 Å². The summed E-state index contributed by atoms with van der Waals surface area (Å²) in [4.78, 5) is 0. The van der Waals surface area contributed by atoms with Crippen LogP contribution in [0.25, 0.3) is 0 Å². The predicted octanol–water partition coefficient (Wildman–Crippen LogP) is 2.78. The maximum absolute atomic E-state index is 11.2. The van der Waals surface area contributed by atoms with Crippen molar-refractivity contribution in [1.29, 1.82) is 0 Å². The zero-order valence-electron chi connectivity index (χ0n) is 11.0. The molecule has 0 aliphatic heterocycles. The van der Waals surface area contributed by atoms with Gasteiger partial charge >= 0.3 is 0 Å². The zero-order chi connectivity index (χ0) is 13.8.